The van der Waals surface area contributed by atoms with Gasteiger partial charge >= 0.3 is 0 Å². The molecule has 0 atom stereocenters. The van der Waals surface area contributed by atoms with E-state index in [0.29, 0.717) is 0 Å². The predicted molar refractivity (Wildman–Crippen MR) is 63.3 cm³/mol. The van der Waals surface area contributed by atoms with Gasteiger partial charge in [-0.1, -0.05) is 11.6 Å². The molecule has 0 amide bonds. The molecule has 0 unspecified atom stereocenters. The van der Waals surface area contributed by atoms with Gasteiger partial charge in [-0.3, -0.25) is 0 Å². The van der Waals surface area contributed by atoms with Gasteiger partial charge in [-0.25, -0.2) is 4.98 Å². The van der Waals surface area contributed by atoms with Gasteiger partial charge in [0.05, 0.1) is 10.7 Å². The summed E-state index contributed by atoms with van der Waals surface area (Å²) < 4.78 is 2.90. The molecule has 0 aliphatic heterocycles. The highest BCUT2D eigenvalue weighted by Crippen LogP contribution is 2.20. The lowest BCUT2D eigenvalue weighted by Crippen LogP contribution is -2.18. The summed E-state index contributed by atoms with van der Waals surface area (Å²) in [6.07, 6.45) is 5.58. The second-order valence-electron chi connectivity index (χ2n) is 3.18. The Morgan fingerprint density at radius 2 is 2.40 bits per heavy atom. The van der Waals surface area contributed by atoms with Crippen LogP contribution in [0.1, 0.15) is 4.88 Å². The number of halogens is 1. The smallest absolute Gasteiger partial charge is 0.0946 e. The van der Waals surface area contributed by atoms with Crippen LogP contribution in [-0.4, -0.2) is 16.1 Å². The number of thiophene rings is 1. The van der Waals surface area contributed by atoms with E-state index in [4.69, 9.17) is 11.6 Å². The van der Waals surface area contributed by atoms with Gasteiger partial charge in [0.15, 0.2) is 0 Å². The fraction of sp³-hybridized carbons (Fsp3) is 0.300. The highest BCUT2D eigenvalue weighted by Gasteiger charge is 1.96. The Kier molecular flexibility index (Phi) is 3.77. The second-order valence-corrected chi connectivity index (χ2v) is 4.98. The van der Waals surface area contributed by atoms with E-state index < -0.39 is 0 Å². The number of aromatic nitrogens is 2. The topological polar surface area (TPSA) is 29.9 Å². The molecule has 5 heteroatoms. The molecule has 0 saturated heterocycles. The summed E-state index contributed by atoms with van der Waals surface area (Å²) in [5, 5.41) is 3.36. The Bertz CT molecular complexity index is 396. The van der Waals surface area contributed by atoms with Crippen molar-refractivity contribution in [2.45, 2.75) is 13.1 Å². The molecule has 2 rings (SSSR count). The molecule has 0 aliphatic carbocycles. The van der Waals surface area contributed by atoms with Crippen molar-refractivity contribution in [1.29, 1.82) is 0 Å². The summed E-state index contributed by atoms with van der Waals surface area (Å²) in [4.78, 5) is 5.25. The van der Waals surface area contributed by atoms with Gasteiger partial charge in [-0.2, -0.15) is 0 Å². The molecule has 0 radical (unpaired) electrons. The number of rotatable bonds is 5. The number of nitrogens with one attached hydrogen (secondary N) is 1. The van der Waals surface area contributed by atoms with Crippen LogP contribution >= 0.6 is 22.9 Å². The van der Waals surface area contributed by atoms with Gasteiger partial charge in [0.2, 0.25) is 0 Å². The zero-order chi connectivity index (χ0) is 10.5. The molecule has 80 valence electrons. The van der Waals surface area contributed by atoms with Gasteiger partial charge in [0.25, 0.3) is 0 Å². The lowest BCUT2D eigenvalue weighted by molar-refractivity contribution is 0.600. The molecule has 0 aliphatic rings. The minimum atomic E-state index is 0.849. The summed E-state index contributed by atoms with van der Waals surface area (Å²) in [5.41, 5.74) is 0. The predicted octanol–water partition coefficient (Wildman–Crippen LogP) is 2.39. The lowest BCUT2D eigenvalue weighted by atomic mass is 10.4. The summed E-state index contributed by atoms with van der Waals surface area (Å²) in [5.74, 6) is 0. The first-order chi connectivity index (χ1) is 7.34. The van der Waals surface area contributed by atoms with E-state index in [1.165, 1.54) is 4.88 Å². The second kappa shape index (κ2) is 5.30. The summed E-state index contributed by atoms with van der Waals surface area (Å²) in [6.45, 7) is 2.76. The van der Waals surface area contributed by atoms with E-state index in [9.17, 15) is 0 Å². The van der Waals surface area contributed by atoms with Crippen LogP contribution in [0.4, 0.5) is 0 Å². The maximum Gasteiger partial charge on any atom is 0.0946 e. The first kappa shape index (κ1) is 10.7. The average Bonchev–Trinajstić information content (AvgIpc) is 2.84. The van der Waals surface area contributed by atoms with Crippen LogP contribution in [-0.2, 0) is 13.1 Å². The van der Waals surface area contributed by atoms with Crippen molar-refractivity contribution in [3.63, 3.8) is 0 Å². The van der Waals surface area contributed by atoms with Crippen molar-refractivity contribution < 1.29 is 0 Å². The van der Waals surface area contributed by atoms with E-state index in [-0.39, 0.29) is 0 Å². The third kappa shape index (κ3) is 3.34. The summed E-state index contributed by atoms with van der Waals surface area (Å²) >= 11 is 7.45. The quantitative estimate of drug-likeness (QED) is 0.815. The number of nitrogens with zero attached hydrogens (tertiary/aromatic N) is 2. The maximum absolute atomic E-state index is 5.83. The molecule has 0 fully saturated rings. The van der Waals surface area contributed by atoms with Crippen LogP contribution in [0.3, 0.4) is 0 Å². The fourth-order valence-electron chi connectivity index (χ4n) is 1.29. The van der Waals surface area contributed by atoms with Crippen LogP contribution in [0, 0.1) is 0 Å². The van der Waals surface area contributed by atoms with Gasteiger partial charge in [0.1, 0.15) is 0 Å². The van der Waals surface area contributed by atoms with Crippen LogP contribution in [0.25, 0.3) is 0 Å². The molecule has 0 aromatic carbocycles. The van der Waals surface area contributed by atoms with Crippen molar-refractivity contribution >= 4 is 22.9 Å². The minimum absolute atomic E-state index is 0.849. The van der Waals surface area contributed by atoms with E-state index >= 15 is 0 Å². The van der Waals surface area contributed by atoms with Gasteiger partial charge in [-0.15, -0.1) is 11.3 Å². The first-order valence-electron chi connectivity index (χ1n) is 4.75. The monoisotopic (exact) mass is 241 g/mol. The van der Waals surface area contributed by atoms with E-state index in [2.05, 4.69) is 20.9 Å². The third-order valence-electron chi connectivity index (χ3n) is 2.03. The summed E-state index contributed by atoms with van der Waals surface area (Å²) in [6, 6.07) is 3.98. The van der Waals surface area contributed by atoms with E-state index in [1.807, 2.05) is 18.6 Å². The van der Waals surface area contributed by atoms with Crippen molar-refractivity contribution in [2.75, 3.05) is 6.54 Å². The van der Waals surface area contributed by atoms with Gasteiger partial charge in [0, 0.05) is 36.9 Å². The normalized spacial score (nSPS) is 10.7. The molecule has 1 N–H and O–H groups in total. The van der Waals surface area contributed by atoms with Crippen molar-refractivity contribution in [3.8, 4) is 0 Å². The van der Waals surface area contributed by atoms with Gasteiger partial charge < -0.3 is 9.88 Å². The highest BCUT2D eigenvalue weighted by molar-refractivity contribution is 7.16. The molecular weight excluding hydrogens is 230 g/mol. The highest BCUT2D eigenvalue weighted by atomic mass is 35.5. The Balaban J connectivity index is 1.67. The molecule has 15 heavy (non-hydrogen) atoms. The molecule has 0 saturated carbocycles. The molecule has 2 aromatic rings. The Morgan fingerprint density at radius 1 is 1.47 bits per heavy atom. The van der Waals surface area contributed by atoms with E-state index in [1.54, 1.807) is 17.5 Å². The van der Waals surface area contributed by atoms with Crippen LogP contribution < -0.4 is 5.32 Å². The zero-order valence-electron chi connectivity index (χ0n) is 8.19. The van der Waals surface area contributed by atoms with Crippen molar-refractivity contribution in [3.05, 3.63) is 40.1 Å². The molecule has 2 heterocycles. The van der Waals surface area contributed by atoms with E-state index in [0.717, 1.165) is 24.0 Å². The Morgan fingerprint density at radius 3 is 3.07 bits per heavy atom. The minimum Gasteiger partial charge on any atom is -0.336 e. The summed E-state index contributed by atoms with van der Waals surface area (Å²) in [7, 11) is 0. The standard InChI is InChI=1S/C10H12ClN3S/c11-10-2-1-9(15-10)7-12-3-5-14-6-4-13-8-14/h1-2,4,6,8,12H,3,5,7H2. The molecule has 0 bridgehead atoms. The Hall–Kier alpha value is -0.840. The number of hydrogen-bond acceptors (Lipinski definition) is 3. The fourth-order valence-corrected chi connectivity index (χ4v) is 2.34. The van der Waals surface area contributed by atoms with Crippen molar-refractivity contribution in [2.24, 2.45) is 0 Å². The molecule has 3 nitrogen and oxygen atoms in total. The van der Waals surface area contributed by atoms with Crippen molar-refractivity contribution in [1.82, 2.24) is 14.9 Å². The SMILES string of the molecule is Clc1ccc(CNCCn2ccnc2)s1. The van der Waals surface area contributed by atoms with Crippen LogP contribution in [0.2, 0.25) is 4.34 Å². The van der Waals surface area contributed by atoms with Crippen LogP contribution in [0.15, 0.2) is 30.9 Å². The third-order valence-corrected chi connectivity index (χ3v) is 3.27. The molecule has 2 aromatic heterocycles. The number of hydrogen-bond donors (Lipinski definition) is 1. The van der Waals surface area contributed by atoms with Crippen LogP contribution in [0.5, 0.6) is 0 Å². The molecular formula is C10H12ClN3S. The maximum atomic E-state index is 5.83. The first-order valence-corrected chi connectivity index (χ1v) is 5.95. The van der Waals surface area contributed by atoms with Gasteiger partial charge in [-0.05, 0) is 12.1 Å². The largest absolute Gasteiger partial charge is 0.336 e. The molecule has 0 spiro atoms. The number of imidazole rings is 1. The Labute approximate surface area is 97.7 Å². The average molecular weight is 242 g/mol. The lowest BCUT2D eigenvalue weighted by Gasteiger charge is -2.03. The zero-order valence-corrected chi connectivity index (χ0v) is 9.76.